The lowest BCUT2D eigenvalue weighted by Gasteiger charge is -2.38. The molecular formula is C23H26ClN3O4S. The quantitative estimate of drug-likeness (QED) is 0.341. The van der Waals surface area contributed by atoms with Crippen molar-refractivity contribution in [3.8, 4) is 11.5 Å². The van der Waals surface area contributed by atoms with E-state index in [1.807, 2.05) is 25.3 Å². The van der Waals surface area contributed by atoms with Crippen LogP contribution in [0.2, 0.25) is 5.02 Å². The molecule has 1 saturated carbocycles. The van der Waals surface area contributed by atoms with E-state index in [1.165, 1.54) is 18.7 Å². The Morgan fingerprint density at radius 1 is 1.28 bits per heavy atom. The molecule has 1 aromatic heterocycles. The molecule has 1 fully saturated rings. The Morgan fingerprint density at radius 3 is 2.78 bits per heavy atom. The number of benzene rings is 1. The topological polar surface area (TPSA) is 82.9 Å². The second-order valence-corrected chi connectivity index (χ2v) is 8.95. The van der Waals surface area contributed by atoms with Gasteiger partial charge in [-0.1, -0.05) is 23.4 Å². The first kappa shape index (κ1) is 22.9. The minimum Gasteiger partial charge on any atom is -0.493 e. The predicted molar refractivity (Wildman–Crippen MR) is 125 cm³/mol. The third-order valence-electron chi connectivity index (χ3n) is 5.81. The number of ether oxygens (including phenoxy) is 3. The number of thioether (sulfide) groups is 1. The highest BCUT2D eigenvalue weighted by Gasteiger charge is 2.39. The van der Waals surface area contributed by atoms with Crippen LogP contribution in [0.4, 0.5) is 0 Å². The van der Waals surface area contributed by atoms with Crippen LogP contribution in [0.25, 0.3) is 0 Å². The van der Waals surface area contributed by atoms with Gasteiger partial charge in [-0.3, -0.25) is 9.79 Å². The summed E-state index contributed by atoms with van der Waals surface area (Å²) in [5.41, 5.74) is 3.33. The Kier molecular flexibility index (Phi) is 6.90. The first-order valence-electron chi connectivity index (χ1n) is 10.6. The lowest BCUT2D eigenvalue weighted by molar-refractivity contribution is -0.148. The van der Waals surface area contributed by atoms with Crippen molar-refractivity contribution in [2.75, 3.05) is 20.0 Å². The predicted octanol–water partition coefficient (Wildman–Crippen LogP) is 4.68. The number of carbonyl (C=O) groups is 1. The van der Waals surface area contributed by atoms with E-state index in [0.717, 1.165) is 29.7 Å². The minimum absolute atomic E-state index is 0.0379. The summed E-state index contributed by atoms with van der Waals surface area (Å²) < 4.78 is 17.0. The molecule has 0 N–H and O–H groups in total. The molecule has 1 aliphatic carbocycles. The van der Waals surface area contributed by atoms with Crippen molar-refractivity contribution >= 4 is 35.0 Å². The van der Waals surface area contributed by atoms with Crippen LogP contribution >= 0.6 is 23.4 Å². The fourth-order valence-corrected chi connectivity index (χ4v) is 5.02. The van der Waals surface area contributed by atoms with E-state index in [-0.39, 0.29) is 24.0 Å². The van der Waals surface area contributed by atoms with Gasteiger partial charge < -0.3 is 14.2 Å². The molecule has 170 valence electrons. The maximum absolute atomic E-state index is 11.6. The number of esters is 1. The number of aromatic nitrogens is 2. The van der Waals surface area contributed by atoms with Gasteiger partial charge in [-0.25, -0.2) is 9.97 Å². The molecule has 0 unspecified atom stereocenters. The van der Waals surface area contributed by atoms with Crippen molar-refractivity contribution < 1.29 is 19.0 Å². The molecule has 7 nitrogen and oxygen atoms in total. The number of nitrogens with zero attached hydrogens (tertiary/aromatic N) is 3. The number of fused-ring (bicyclic) bond motifs is 3. The molecule has 1 aromatic carbocycles. The third-order valence-corrected chi connectivity index (χ3v) is 6.65. The fourth-order valence-electron chi connectivity index (χ4n) is 4.50. The Balaban J connectivity index is 1.86. The van der Waals surface area contributed by atoms with Gasteiger partial charge in [-0.15, -0.1) is 0 Å². The van der Waals surface area contributed by atoms with Crippen molar-refractivity contribution in [3.05, 3.63) is 40.2 Å². The molecule has 2 aliphatic rings. The molecule has 4 rings (SSSR count). The normalized spacial score (nSPS) is 21.8. The summed E-state index contributed by atoms with van der Waals surface area (Å²) in [7, 11) is 1.62. The van der Waals surface area contributed by atoms with Gasteiger partial charge in [0, 0.05) is 18.4 Å². The van der Waals surface area contributed by atoms with E-state index < -0.39 is 0 Å². The minimum atomic E-state index is -0.254. The summed E-state index contributed by atoms with van der Waals surface area (Å²) in [6.07, 6.45) is 5.70. The number of carbonyl (C=O) groups excluding carboxylic acids is 1. The maximum Gasteiger partial charge on any atom is 0.302 e. The number of hydrogen-bond donors (Lipinski definition) is 0. The molecule has 2 heterocycles. The molecule has 3 atom stereocenters. The first-order chi connectivity index (χ1) is 15.4. The number of aliphatic imine (C=N–C) groups is 1. The van der Waals surface area contributed by atoms with Crippen LogP contribution in [0.3, 0.4) is 0 Å². The molecule has 9 heteroatoms. The van der Waals surface area contributed by atoms with Crippen molar-refractivity contribution in [2.24, 2.45) is 4.99 Å². The molecule has 1 aliphatic heterocycles. The second-order valence-electron chi connectivity index (χ2n) is 7.77. The number of halogens is 1. The maximum atomic E-state index is 11.6. The molecule has 2 aromatic rings. The van der Waals surface area contributed by atoms with Crippen LogP contribution in [0, 0.1) is 0 Å². The largest absolute Gasteiger partial charge is 0.493 e. The summed E-state index contributed by atoms with van der Waals surface area (Å²) in [5, 5.41) is 1.08. The second kappa shape index (κ2) is 9.67. The highest BCUT2D eigenvalue weighted by Crippen LogP contribution is 2.45. The molecule has 0 radical (unpaired) electrons. The van der Waals surface area contributed by atoms with E-state index in [4.69, 9.17) is 30.8 Å². The zero-order chi connectivity index (χ0) is 22.8. The number of rotatable bonds is 6. The lowest BCUT2D eigenvalue weighted by Crippen LogP contribution is -2.36. The molecule has 0 amide bonds. The summed E-state index contributed by atoms with van der Waals surface area (Å²) >= 11 is 7.99. The number of methoxy groups -OCH3 is 1. The van der Waals surface area contributed by atoms with Crippen LogP contribution in [0.1, 0.15) is 55.8 Å². The van der Waals surface area contributed by atoms with Crippen LogP contribution in [-0.4, -0.2) is 53.8 Å². The SMILES string of the molecule is CCOc1cc2c(cc1OC)C(c1nc(SC)ncc1Cl)=N[C@@H]1CC[C@@H](OC(C)=O)C[C@H]21. The van der Waals surface area contributed by atoms with E-state index in [1.54, 1.807) is 13.3 Å². The van der Waals surface area contributed by atoms with Gasteiger partial charge in [0.15, 0.2) is 16.7 Å². The summed E-state index contributed by atoms with van der Waals surface area (Å²) in [6.45, 7) is 3.92. The van der Waals surface area contributed by atoms with Crippen molar-refractivity contribution in [1.29, 1.82) is 0 Å². The summed E-state index contributed by atoms with van der Waals surface area (Å²) in [6, 6.07) is 4.02. The van der Waals surface area contributed by atoms with Crippen LogP contribution in [0.15, 0.2) is 28.5 Å². The monoisotopic (exact) mass is 475 g/mol. The van der Waals surface area contributed by atoms with Gasteiger partial charge in [0.2, 0.25) is 0 Å². The molecular weight excluding hydrogens is 450 g/mol. The fraction of sp³-hybridized carbons (Fsp3) is 0.478. The molecule has 0 spiro atoms. The highest BCUT2D eigenvalue weighted by atomic mass is 35.5. The van der Waals surface area contributed by atoms with Crippen LogP contribution in [-0.2, 0) is 9.53 Å². The van der Waals surface area contributed by atoms with E-state index in [2.05, 4.69) is 9.97 Å². The smallest absolute Gasteiger partial charge is 0.302 e. The standard InChI is InChI=1S/C23H26ClN3O4S/c1-5-30-20-9-14-15-8-13(31-12(2)28)6-7-18(15)26-21(16(14)10-19(20)29-3)22-17(24)11-25-23(27-22)32-4/h9-11,13,15,18H,5-8H2,1-4H3/t13-,15-,18-/m1/s1. The van der Waals surface area contributed by atoms with Gasteiger partial charge in [-0.2, -0.15) is 0 Å². The van der Waals surface area contributed by atoms with E-state index in [0.29, 0.717) is 40.4 Å². The highest BCUT2D eigenvalue weighted by molar-refractivity contribution is 7.98. The third kappa shape index (κ3) is 4.43. The average Bonchev–Trinajstić information content (AvgIpc) is 2.78. The molecule has 32 heavy (non-hydrogen) atoms. The van der Waals surface area contributed by atoms with E-state index >= 15 is 0 Å². The van der Waals surface area contributed by atoms with Gasteiger partial charge in [0.1, 0.15) is 11.8 Å². The Labute approximate surface area is 196 Å². The van der Waals surface area contributed by atoms with Crippen LogP contribution < -0.4 is 9.47 Å². The Morgan fingerprint density at radius 2 is 2.09 bits per heavy atom. The number of hydrogen-bond acceptors (Lipinski definition) is 8. The zero-order valence-electron chi connectivity index (χ0n) is 18.6. The van der Waals surface area contributed by atoms with Crippen molar-refractivity contribution in [1.82, 2.24) is 9.97 Å². The van der Waals surface area contributed by atoms with Crippen LogP contribution in [0.5, 0.6) is 11.5 Å². The van der Waals surface area contributed by atoms with Gasteiger partial charge in [0.05, 0.1) is 36.7 Å². The molecule has 0 bridgehead atoms. The summed E-state index contributed by atoms with van der Waals surface area (Å²) in [5.74, 6) is 1.15. The van der Waals surface area contributed by atoms with Gasteiger partial charge in [0.25, 0.3) is 0 Å². The van der Waals surface area contributed by atoms with Crippen molar-refractivity contribution in [2.45, 2.75) is 56.3 Å². The summed E-state index contributed by atoms with van der Waals surface area (Å²) in [4.78, 5) is 25.6. The molecule has 0 saturated heterocycles. The Hall–Kier alpha value is -2.32. The zero-order valence-corrected chi connectivity index (χ0v) is 20.1. The Bertz CT molecular complexity index is 1060. The van der Waals surface area contributed by atoms with Crippen molar-refractivity contribution in [3.63, 3.8) is 0 Å². The lowest BCUT2D eigenvalue weighted by atomic mass is 9.74. The first-order valence-corrected chi connectivity index (χ1v) is 12.2. The average molecular weight is 476 g/mol. The van der Waals surface area contributed by atoms with Gasteiger partial charge >= 0.3 is 5.97 Å². The van der Waals surface area contributed by atoms with Gasteiger partial charge in [-0.05, 0) is 50.1 Å². The van der Waals surface area contributed by atoms with E-state index in [9.17, 15) is 4.79 Å².